The summed E-state index contributed by atoms with van der Waals surface area (Å²) in [4.78, 5) is 0. The summed E-state index contributed by atoms with van der Waals surface area (Å²) in [5.74, 6) is 4.89. The fourth-order valence-corrected chi connectivity index (χ4v) is 6.74. The lowest BCUT2D eigenvalue weighted by Gasteiger charge is -2.42. The van der Waals surface area contributed by atoms with Crippen LogP contribution >= 0.6 is 0 Å². The van der Waals surface area contributed by atoms with Crippen LogP contribution in [-0.2, 0) is 0 Å². The lowest BCUT2D eigenvalue weighted by Crippen LogP contribution is -2.33. The molecule has 0 aromatic heterocycles. The van der Waals surface area contributed by atoms with Crippen LogP contribution < -0.4 is 0 Å². The van der Waals surface area contributed by atoms with E-state index in [1.807, 2.05) is 6.08 Å². The number of halogens is 1. The Morgan fingerprint density at radius 1 is 0.769 bits per heavy atom. The predicted molar refractivity (Wildman–Crippen MR) is 111 cm³/mol. The van der Waals surface area contributed by atoms with Crippen LogP contribution in [0.15, 0.2) is 12.7 Å². The third kappa shape index (κ3) is 5.35. The summed E-state index contributed by atoms with van der Waals surface area (Å²) in [5, 5.41) is 0. The van der Waals surface area contributed by atoms with Crippen LogP contribution in [0, 0.1) is 35.5 Å². The largest absolute Gasteiger partial charge is 0.247 e. The minimum atomic E-state index is -0.541. The van der Waals surface area contributed by atoms with Gasteiger partial charge in [0.15, 0.2) is 0 Å². The molecule has 3 atom stereocenters. The van der Waals surface area contributed by atoms with Gasteiger partial charge in [0.1, 0.15) is 6.17 Å². The summed E-state index contributed by atoms with van der Waals surface area (Å²) in [6, 6.07) is 0. The molecule has 0 spiro atoms. The molecule has 26 heavy (non-hydrogen) atoms. The second-order valence-corrected chi connectivity index (χ2v) is 9.96. The Balaban J connectivity index is 1.38. The van der Waals surface area contributed by atoms with E-state index in [1.54, 1.807) is 0 Å². The highest BCUT2D eigenvalue weighted by molar-refractivity contribution is 4.88. The highest BCUT2D eigenvalue weighted by Gasteiger charge is 2.37. The van der Waals surface area contributed by atoms with Crippen LogP contribution in [0.3, 0.4) is 0 Å². The van der Waals surface area contributed by atoms with Crippen molar-refractivity contribution in [1.82, 2.24) is 0 Å². The van der Waals surface area contributed by atoms with E-state index in [9.17, 15) is 4.39 Å². The standard InChI is InChI=1S/C25H43F/c1-3-5-7-23-16-17-24(18-25(23)26)22-14-12-21(13-15-22)20-10-8-19(6-4-2)9-11-20/h3,19-25H,1,4-18H2,2H3. The molecule has 0 bridgehead atoms. The van der Waals surface area contributed by atoms with Gasteiger partial charge >= 0.3 is 0 Å². The molecule has 1 heteroatoms. The van der Waals surface area contributed by atoms with Crippen LogP contribution in [0.1, 0.15) is 103 Å². The maximum absolute atomic E-state index is 14.6. The van der Waals surface area contributed by atoms with Crippen LogP contribution in [0.4, 0.5) is 4.39 Å². The Morgan fingerprint density at radius 2 is 1.31 bits per heavy atom. The molecule has 0 aromatic carbocycles. The summed E-state index contributed by atoms with van der Waals surface area (Å²) >= 11 is 0. The number of allylic oxidation sites excluding steroid dienone is 1. The molecular weight excluding hydrogens is 319 g/mol. The van der Waals surface area contributed by atoms with Gasteiger partial charge in [0, 0.05) is 0 Å². The SMILES string of the molecule is C=CCCC1CCC(C2CCC(C3CCC(CCC)CC3)CC2)CC1F. The van der Waals surface area contributed by atoms with Crippen molar-refractivity contribution in [2.45, 2.75) is 109 Å². The van der Waals surface area contributed by atoms with Crippen molar-refractivity contribution in [2.75, 3.05) is 0 Å². The van der Waals surface area contributed by atoms with Gasteiger partial charge in [-0.15, -0.1) is 6.58 Å². The van der Waals surface area contributed by atoms with E-state index in [0.717, 1.165) is 49.4 Å². The third-order valence-corrected chi connectivity index (χ3v) is 8.43. The van der Waals surface area contributed by atoms with Crippen LogP contribution in [0.2, 0.25) is 0 Å². The fraction of sp³-hybridized carbons (Fsp3) is 0.920. The topological polar surface area (TPSA) is 0 Å². The number of rotatable bonds is 7. The highest BCUT2D eigenvalue weighted by Crippen LogP contribution is 2.47. The van der Waals surface area contributed by atoms with Crippen LogP contribution in [-0.4, -0.2) is 6.17 Å². The maximum Gasteiger partial charge on any atom is 0.103 e. The first-order valence-corrected chi connectivity index (χ1v) is 12.0. The first-order valence-electron chi connectivity index (χ1n) is 12.0. The van der Waals surface area contributed by atoms with E-state index in [4.69, 9.17) is 0 Å². The molecule has 0 heterocycles. The van der Waals surface area contributed by atoms with E-state index in [1.165, 1.54) is 70.6 Å². The Morgan fingerprint density at radius 3 is 1.85 bits per heavy atom. The van der Waals surface area contributed by atoms with Crippen molar-refractivity contribution in [1.29, 1.82) is 0 Å². The number of hydrogen-bond acceptors (Lipinski definition) is 0. The highest BCUT2D eigenvalue weighted by atomic mass is 19.1. The average Bonchev–Trinajstić information content (AvgIpc) is 2.68. The van der Waals surface area contributed by atoms with Gasteiger partial charge in [-0.3, -0.25) is 0 Å². The number of hydrogen-bond donors (Lipinski definition) is 0. The molecular formula is C25H43F. The van der Waals surface area contributed by atoms with Gasteiger partial charge in [-0.05, 0) is 106 Å². The molecule has 3 fully saturated rings. The van der Waals surface area contributed by atoms with Gasteiger partial charge < -0.3 is 0 Å². The van der Waals surface area contributed by atoms with Gasteiger partial charge in [-0.25, -0.2) is 4.39 Å². The lowest BCUT2D eigenvalue weighted by atomic mass is 9.64. The average molecular weight is 363 g/mol. The Hall–Kier alpha value is -0.330. The van der Waals surface area contributed by atoms with Crippen molar-refractivity contribution < 1.29 is 4.39 Å². The zero-order chi connectivity index (χ0) is 18.4. The monoisotopic (exact) mass is 362 g/mol. The molecule has 3 unspecified atom stereocenters. The summed E-state index contributed by atoms with van der Waals surface area (Å²) in [7, 11) is 0. The van der Waals surface area contributed by atoms with Crippen molar-refractivity contribution in [3.63, 3.8) is 0 Å². The van der Waals surface area contributed by atoms with Gasteiger partial charge in [0.2, 0.25) is 0 Å². The third-order valence-electron chi connectivity index (χ3n) is 8.43. The minimum absolute atomic E-state index is 0.318. The fourth-order valence-electron chi connectivity index (χ4n) is 6.74. The Kier molecular flexibility index (Phi) is 8.07. The molecule has 0 nitrogen and oxygen atoms in total. The summed E-state index contributed by atoms with van der Waals surface area (Å²) in [6.45, 7) is 6.13. The zero-order valence-corrected chi connectivity index (χ0v) is 17.3. The van der Waals surface area contributed by atoms with Crippen molar-refractivity contribution >= 4 is 0 Å². The molecule has 150 valence electrons. The Labute approximate surface area is 162 Å². The molecule has 0 radical (unpaired) electrons. The first kappa shape index (κ1) is 20.4. The molecule has 0 aliphatic heterocycles. The molecule has 0 N–H and O–H groups in total. The van der Waals surface area contributed by atoms with E-state index < -0.39 is 6.17 Å². The minimum Gasteiger partial charge on any atom is -0.247 e. The smallest absolute Gasteiger partial charge is 0.103 e. The number of alkyl halides is 1. The molecule has 0 aromatic rings. The quantitative estimate of drug-likeness (QED) is 0.401. The molecule has 3 rings (SSSR count). The summed E-state index contributed by atoms with van der Waals surface area (Å²) in [6.07, 6.45) is 21.2. The predicted octanol–water partition coefficient (Wildman–Crippen LogP) is 8.12. The zero-order valence-electron chi connectivity index (χ0n) is 17.3. The van der Waals surface area contributed by atoms with E-state index in [0.29, 0.717) is 11.8 Å². The van der Waals surface area contributed by atoms with Crippen molar-refractivity contribution in [3.8, 4) is 0 Å². The van der Waals surface area contributed by atoms with Gasteiger partial charge in [-0.2, -0.15) is 0 Å². The molecule has 3 aliphatic rings. The second-order valence-electron chi connectivity index (χ2n) is 9.96. The van der Waals surface area contributed by atoms with E-state index >= 15 is 0 Å². The van der Waals surface area contributed by atoms with Crippen LogP contribution in [0.5, 0.6) is 0 Å². The molecule has 0 saturated heterocycles. The maximum atomic E-state index is 14.6. The van der Waals surface area contributed by atoms with Gasteiger partial charge in [-0.1, -0.05) is 38.7 Å². The van der Waals surface area contributed by atoms with Crippen LogP contribution in [0.25, 0.3) is 0 Å². The Bertz CT molecular complexity index is 400. The molecule has 3 saturated carbocycles. The molecule has 0 amide bonds. The normalized spacial score (nSPS) is 41.7. The van der Waals surface area contributed by atoms with E-state index in [2.05, 4.69) is 13.5 Å². The second kappa shape index (κ2) is 10.3. The lowest BCUT2D eigenvalue weighted by molar-refractivity contribution is 0.0615. The summed E-state index contributed by atoms with van der Waals surface area (Å²) < 4.78 is 14.6. The van der Waals surface area contributed by atoms with E-state index in [-0.39, 0.29) is 0 Å². The molecule has 3 aliphatic carbocycles. The van der Waals surface area contributed by atoms with Crippen molar-refractivity contribution in [3.05, 3.63) is 12.7 Å². The van der Waals surface area contributed by atoms with Gasteiger partial charge in [0.25, 0.3) is 0 Å². The van der Waals surface area contributed by atoms with Crippen molar-refractivity contribution in [2.24, 2.45) is 35.5 Å². The first-order chi connectivity index (χ1) is 12.7. The van der Waals surface area contributed by atoms with Gasteiger partial charge in [0.05, 0.1) is 0 Å². The summed E-state index contributed by atoms with van der Waals surface area (Å²) in [5.41, 5.74) is 0.